The van der Waals surface area contributed by atoms with Crippen molar-refractivity contribution in [2.45, 2.75) is 43.4 Å². The number of carbonyl (C=O) groups is 2. The van der Waals surface area contributed by atoms with E-state index in [4.69, 9.17) is 11.6 Å². The molecule has 47 heavy (non-hydrogen) atoms. The van der Waals surface area contributed by atoms with Crippen molar-refractivity contribution in [1.29, 1.82) is 0 Å². The monoisotopic (exact) mass is 749 g/mol. The van der Waals surface area contributed by atoms with Gasteiger partial charge in [0.05, 0.1) is 21.2 Å². The van der Waals surface area contributed by atoms with E-state index in [0.29, 0.717) is 28.9 Å². The van der Waals surface area contributed by atoms with Gasteiger partial charge in [0, 0.05) is 24.0 Å². The highest BCUT2D eigenvalue weighted by Gasteiger charge is 2.37. The standard InChI is InChI=1S/C34H32BrClF3N3O4S/c1-2-19-40-33(44)31(20-24-9-5-3-6-10-24)41(22-25-13-16-27(35)17-14-25)32(43)23-42(47(45,46)28-11-7-4-8-12-28)30-21-26(34(37,38)39)15-18-29(30)36/h3-18,21,31H,2,19-20,22-23H2,1H3,(H,40,44)/t31-/m0/s1. The molecule has 248 valence electrons. The third-order valence-corrected chi connectivity index (χ3v) is 9.86. The van der Waals surface area contributed by atoms with Crippen molar-refractivity contribution in [2.75, 3.05) is 17.4 Å². The van der Waals surface area contributed by atoms with Gasteiger partial charge in [-0.15, -0.1) is 0 Å². The molecule has 0 aromatic heterocycles. The molecule has 4 aromatic carbocycles. The Morgan fingerprint density at radius 3 is 2.11 bits per heavy atom. The first-order chi connectivity index (χ1) is 22.3. The Hall–Kier alpha value is -3.87. The number of nitrogens with zero attached hydrogens (tertiary/aromatic N) is 2. The summed E-state index contributed by atoms with van der Waals surface area (Å²) in [5.74, 6) is -1.29. The van der Waals surface area contributed by atoms with Gasteiger partial charge >= 0.3 is 6.18 Å². The maximum Gasteiger partial charge on any atom is 0.416 e. The van der Waals surface area contributed by atoms with Crippen molar-refractivity contribution in [3.05, 3.63) is 129 Å². The number of nitrogens with one attached hydrogen (secondary N) is 1. The number of carbonyl (C=O) groups excluding carboxylic acids is 2. The first-order valence-corrected chi connectivity index (χ1v) is 17.2. The van der Waals surface area contributed by atoms with Gasteiger partial charge in [-0.1, -0.05) is 95.1 Å². The molecule has 0 aliphatic heterocycles. The number of anilines is 1. The van der Waals surface area contributed by atoms with E-state index in [1.807, 2.05) is 13.0 Å². The van der Waals surface area contributed by atoms with Crippen LogP contribution in [0.25, 0.3) is 0 Å². The normalized spacial score (nSPS) is 12.3. The van der Waals surface area contributed by atoms with Crippen molar-refractivity contribution in [3.8, 4) is 0 Å². The average Bonchev–Trinajstić information content (AvgIpc) is 3.05. The second-order valence-corrected chi connectivity index (χ2v) is 13.8. The summed E-state index contributed by atoms with van der Waals surface area (Å²) in [7, 11) is -4.64. The van der Waals surface area contributed by atoms with Crippen LogP contribution < -0.4 is 9.62 Å². The van der Waals surface area contributed by atoms with E-state index in [1.54, 1.807) is 54.6 Å². The number of rotatable bonds is 13. The molecule has 0 unspecified atom stereocenters. The van der Waals surface area contributed by atoms with Crippen LogP contribution >= 0.6 is 27.5 Å². The maximum atomic E-state index is 14.4. The number of hydrogen-bond acceptors (Lipinski definition) is 4. The number of amides is 2. The molecule has 0 bridgehead atoms. The highest BCUT2D eigenvalue weighted by Crippen LogP contribution is 2.37. The summed E-state index contributed by atoms with van der Waals surface area (Å²) in [5, 5.41) is 2.53. The lowest BCUT2D eigenvalue weighted by molar-refractivity contribution is -0.140. The minimum Gasteiger partial charge on any atom is -0.354 e. The summed E-state index contributed by atoms with van der Waals surface area (Å²) < 4.78 is 70.9. The lowest BCUT2D eigenvalue weighted by atomic mass is 10.0. The minimum absolute atomic E-state index is 0.0917. The van der Waals surface area contributed by atoms with Gasteiger partial charge in [-0.05, 0) is 60.0 Å². The van der Waals surface area contributed by atoms with Gasteiger partial charge in [0.15, 0.2) is 0 Å². The molecule has 0 saturated carbocycles. The van der Waals surface area contributed by atoms with Crippen LogP contribution in [-0.4, -0.2) is 44.3 Å². The zero-order valence-corrected chi connectivity index (χ0v) is 28.4. The predicted molar refractivity (Wildman–Crippen MR) is 179 cm³/mol. The Bertz CT molecular complexity index is 1780. The molecular weight excluding hydrogens is 719 g/mol. The van der Waals surface area contributed by atoms with Crippen molar-refractivity contribution >= 4 is 55.1 Å². The number of sulfonamides is 1. The molecule has 4 aromatic rings. The van der Waals surface area contributed by atoms with Crippen LogP contribution in [0.5, 0.6) is 0 Å². The molecule has 2 amide bonds. The largest absolute Gasteiger partial charge is 0.416 e. The molecule has 1 N–H and O–H groups in total. The number of alkyl halides is 3. The lowest BCUT2D eigenvalue weighted by Crippen LogP contribution is -2.53. The molecule has 0 fully saturated rings. The fraction of sp³-hybridized carbons (Fsp3) is 0.235. The van der Waals surface area contributed by atoms with Crippen LogP contribution in [0.1, 0.15) is 30.0 Å². The number of hydrogen-bond donors (Lipinski definition) is 1. The molecule has 13 heteroatoms. The van der Waals surface area contributed by atoms with Crippen molar-refractivity contribution in [3.63, 3.8) is 0 Å². The number of benzene rings is 4. The van der Waals surface area contributed by atoms with Crippen LogP contribution in [0, 0.1) is 0 Å². The van der Waals surface area contributed by atoms with Gasteiger partial charge in [-0.25, -0.2) is 8.42 Å². The van der Waals surface area contributed by atoms with E-state index in [0.717, 1.165) is 22.2 Å². The predicted octanol–water partition coefficient (Wildman–Crippen LogP) is 7.48. The average molecular weight is 751 g/mol. The van der Waals surface area contributed by atoms with Gasteiger partial charge < -0.3 is 10.2 Å². The summed E-state index contributed by atoms with van der Waals surface area (Å²) in [4.78, 5) is 29.1. The smallest absolute Gasteiger partial charge is 0.354 e. The van der Waals surface area contributed by atoms with Gasteiger partial charge in [-0.3, -0.25) is 13.9 Å². The zero-order chi connectivity index (χ0) is 34.2. The zero-order valence-electron chi connectivity index (χ0n) is 25.3. The Labute approximate surface area is 285 Å². The first-order valence-electron chi connectivity index (χ1n) is 14.6. The third kappa shape index (κ3) is 9.36. The summed E-state index contributed by atoms with van der Waals surface area (Å²) in [5.41, 5.74) is -0.299. The van der Waals surface area contributed by atoms with E-state index in [2.05, 4.69) is 21.2 Å². The van der Waals surface area contributed by atoms with Gasteiger partial charge in [-0.2, -0.15) is 13.2 Å². The van der Waals surface area contributed by atoms with Crippen LogP contribution in [-0.2, 0) is 38.8 Å². The molecular formula is C34H32BrClF3N3O4S. The third-order valence-electron chi connectivity index (χ3n) is 7.24. The van der Waals surface area contributed by atoms with E-state index >= 15 is 0 Å². The fourth-order valence-corrected chi connectivity index (χ4v) is 6.80. The minimum atomic E-state index is -4.82. The summed E-state index contributed by atoms with van der Waals surface area (Å²) >= 11 is 9.74. The summed E-state index contributed by atoms with van der Waals surface area (Å²) in [6.07, 6.45) is -4.10. The van der Waals surface area contributed by atoms with E-state index < -0.39 is 51.9 Å². The van der Waals surface area contributed by atoms with Crippen LogP contribution in [0.2, 0.25) is 5.02 Å². The second-order valence-electron chi connectivity index (χ2n) is 10.6. The van der Waals surface area contributed by atoms with Crippen LogP contribution in [0.4, 0.5) is 18.9 Å². The highest BCUT2D eigenvalue weighted by molar-refractivity contribution is 9.10. The Morgan fingerprint density at radius 1 is 0.894 bits per heavy atom. The van der Waals surface area contributed by atoms with Gasteiger partial charge in [0.2, 0.25) is 11.8 Å². The highest BCUT2D eigenvalue weighted by atomic mass is 79.9. The molecule has 0 heterocycles. The number of halogens is 5. The quantitative estimate of drug-likeness (QED) is 0.154. The molecule has 0 aliphatic carbocycles. The van der Waals surface area contributed by atoms with Crippen molar-refractivity contribution in [1.82, 2.24) is 10.2 Å². The van der Waals surface area contributed by atoms with Crippen LogP contribution in [0.15, 0.2) is 112 Å². The molecule has 0 saturated heterocycles. The van der Waals surface area contributed by atoms with E-state index in [9.17, 15) is 31.2 Å². The van der Waals surface area contributed by atoms with Crippen molar-refractivity contribution in [2.24, 2.45) is 0 Å². The molecule has 0 radical (unpaired) electrons. The maximum absolute atomic E-state index is 14.4. The summed E-state index contributed by atoms with van der Waals surface area (Å²) in [6.45, 7) is 1.17. The van der Waals surface area contributed by atoms with Gasteiger partial charge in [0.1, 0.15) is 12.6 Å². The fourth-order valence-electron chi connectivity index (χ4n) is 4.82. The van der Waals surface area contributed by atoms with Crippen LogP contribution in [0.3, 0.4) is 0 Å². The lowest BCUT2D eigenvalue weighted by Gasteiger charge is -2.34. The molecule has 0 spiro atoms. The SMILES string of the molecule is CCCNC(=O)[C@H](Cc1ccccc1)N(Cc1ccc(Br)cc1)C(=O)CN(c1cc(C(F)(F)F)ccc1Cl)S(=O)(=O)c1ccccc1. The topological polar surface area (TPSA) is 86.8 Å². The molecule has 0 aliphatic rings. The first kappa shape index (κ1) is 36.0. The Morgan fingerprint density at radius 2 is 1.51 bits per heavy atom. The second kappa shape index (κ2) is 15.8. The van der Waals surface area contributed by atoms with E-state index in [1.165, 1.54) is 29.2 Å². The molecule has 1 atom stereocenters. The Balaban J connectivity index is 1.86. The van der Waals surface area contributed by atoms with E-state index in [-0.39, 0.29) is 22.9 Å². The molecule has 7 nitrogen and oxygen atoms in total. The Kier molecular flexibility index (Phi) is 12.1. The van der Waals surface area contributed by atoms with Gasteiger partial charge in [0.25, 0.3) is 10.0 Å². The summed E-state index contributed by atoms with van der Waals surface area (Å²) in [6, 6.07) is 24.2. The van der Waals surface area contributed by atoms with Crippen molar-refractivity contribution < 1.29 is 31.2 Å². The molecule has 4 rings (SSSR count).